The van der Waals surface area contributed by atoms with E-state index < -0.39 is 0 Å². The van der Waals surface area contributed by atoms with Crippen LogP contribution >= 0.6 is 0 Å². The minimum atomic E-state index is 0.580. The standard InChI is InChI=1S/C14H19NO/c1-2-5-13(14-6-3-8-15-14)12(4-1)11-7-9-16-10-11/h1-2,4-5,11,14-15H,3,6-10H2/t11-,14?/m0/s1. The van der Waals surface area contributed by atoms with Crippen LogP contribution in [0.15, 0.2) is 24.3 Å². The van der Waals surface area contributed by atoms with Gasteiger partial charge in [-0.15, -0.1) is 0 Å². The van der Waals surface area contributed by atoms with Crippen LogP contribution in [0.3, 0.4) is 0 Å². The van der Waals surface area contributed by atoms with Gasteiger partial charge in [0, 0.05) is 18.6 Å². The fourth-order valence-corrected chi connectivity index (χ4v) is 2.93. The van der Waals surface area contributed by atoms with Gasteiger partial charge in [-0.1, -0.05) is 24.3 Å². The highest BCUT2D eigenvalue weighted by Crippen LogP contribution is 2.33. The van der Waals surface area contributed by atoms with Crippen molar-refractivity contribution in [2.24, 2.45) is 0 Å². The summed E-state index contributed by atoms with van der Waals surface area (Å²) in [6.45, 7) is 3.00. The summed E-state index contributed by atoms with van der Waals surface area (Å²) in [5, 5.41) is 3.60. The first-order chi connectivity index (χ1) is 7.95. The molecule has 0 aliphatic carbocycles. The predicted molar refractivity (Wildman–Crippen MR) is 64.6 cm³/mol. The van der Waals surface area contributed by atoms with Gasteiger partial charge in [0.1, 0.15) is 0 Å². The van der Waals surface area contributed by atoms with Crippen molar-refractivity contribution in [1.29, 1.82) is 0 Å². The van der Waals surface area contributed by atoms with Gasteiger partial charge in [-0.3, -0.25) is 0 Å². The third-order valence-electron chi connectivity index (χ3n) is 3.80. The normalized spacial score (nSPS) is 29.8. The van der Waals surface area contributed by atoms with Gasteiger partial charge in [-0.05, 0) is 36.9 Å². The zero-order valence-electron chi connectivity index (χ0n) is 9.61. The number of benzene rings is 1. The SMILES string of the molecule is c1ccc([C@H]2CCOC2)c(C2CCCN2)c1. The largest absolute Gasteiger partial charge is 0.381 e. The summed E-state index contributed by atoms with van der Waals surface area (Å²) in [5.74, 6) is 0.624. The van der Waals surface area contributed by atoms with Gasteiger partial charge in [0.25, 0.3) is 0 Å². The van der Waals surface area contributed by atoms with Crippen LogP contribution in [-0.4, -0.2) is 19.8 Å². The molecule has 0 bridgehead atoms. The molecule has 0 radical (unpaired) electrons. The fraction of sp³-hybridized carbons (Fsp3) is 0.571. The molecule has 3 rings (SSSR count). The van der Waals surface area contributed by atoms with Crippen molar-refractivity contribution in [2.75, 3.05) is 19.8 Å². The van der Waals surface area contributed by atoms with E-state index in [0.29, 0.717) is 12.0 Å². The Bertz CT molecular complexity index is 317. The summed E-state index contributed by atoms with van der Waals surface area (Å²) in [5.41, 5.74) is 3.02. The predicted octanol–water partition coefficient (Wildman–Crippen LogP) is 2.62. The molecule has 1 N–H and O–H groups in total. The molecular weight excluding hydrogens is 198 g/mol. The van der Waals surface area contributed by atoms with Gasteiger partial charge in [0.2, 0.25) is 0 Å². The van der Waals surface area contributed by atoms with Crippen molar-refractivity contribution in [3.63, 3.8) is 0 Å². The molecule has 2 atom stereocenters. The van der Waals surface area contributed by atoms with E-state index in [0.717, 1.165) is 13.2 Å². The van der Waals surface area contributed by atoms with E-state index in [9.17, 15) is 0 Å². The quantitative estimate of drug-likeness (QED) is 0.822. The Hall–Kier alpha value is -0.860. The third-order valence-corrected chi connectivity index (χ3v) is 3.80. The average molecular weight is 217 g/mol. The molecule has 2 fully saturated rings. The zero-order valence-corrected chi connectivity index (χ0v) is 9.61. The Balaban J connectivity index is 1.90. The smallest absolute Gasteiger partial charge is 0.0535 e. The topological polar surface area (TPSA) is 21.3 Å². The van der Waals surface area contributed by atoms with Crippen molar-refractivity contribution in [3.05, 3.63) is 35.4 Å². The van der Waals surface area contributed by atoms with Gasteiger partial charge in [-0.25, -0.2) is 0 Å². The summed E-state index contributed by atoms with van der Waals surface area (Å²) in [4.78, 5) is 0. The van der Waals surface area contributed by atoms with Crippen molar-refractivity contribution in [3.8, 4) is 0 Å². The molecule has 0 spiro atoms. The Morgan fingerprint density at radius 2 is 2.00 bits per heavy atom. The average Bonchev–Trinajstić information content (AvgIpc) is 3.03. The van der Waals surface area contributed by atoms with E-state index in [1.54, 1.807) is 0 Å². The highest BCUT2D eigenvalue weighted by Gasteiger charge is 2.24. The second kappa shape index (κ2) is 4.56. The Kier molecular flexibility index (Phi) is 2.94. The first kappa shape index (κ1) is 10.3. The number of ether oxygens (including phenoxy) is 1. The second-order valence-corrected chi connectivity index (χ2v) is 4.84. The highest BCUT2D eigenvalue weighted by atomic mass is 16.5. The van der Waals surface area contributed by atoms with Gasteiger partial charge in [0.05, 0.1) is 6.61 Å². The maximum Gasteiger partial charge on any atom is 0.0535 e. The van der Waals surface area contributed by atoms with E-state index in [2.05, 4.69) is 29.6 Å². The number of hydrogen-bond acceptors (Lipinski definition) is 2. The summed E-state index contributed by atoms with van der Waals surface area (Å²) in [7, 11) is 0. The first-order valence-corrected chi connectivity index (χ1v) is 6.35. The minimum absolute atomic E-state index is 0.580. The van der Waals surface area contributed by atoms with Crippen LogP contribution in [-0.2, 0) is 4.74 Å². The molecule has 2 saturated heterocycles. The lowest BCUT2D eigenvalue weighted by Crippen LogP contribution is -2.16. The molecule has 0 saturated carbocycles. The van der Waals surface area contributed by atoms with Crippen molar-refractivity contribution in [2.45, 2.75) is 31.2 Å². The van der Waals surface area contributed by atoms with E-state index in [1.807, 2.05) is 0 Å². The molecular formula is C14H19NO. The van der Waals surface area contributed by atoms with Crippen LogP contribution in [0.2, 0.25) is 0 Å². The van der Waals surface area contributed by atoms with Gasteiger partial charge in [-0.2, -0.15) is 0 Å². The molecule has 16 heavy (non-hydrogen) atoms. The van der Waals surface area contributed by atoms with Crippen molar-refractivity contribution < 1.29 is 4.74 Å². The first-order valence-electron chi connectivity index (χ1n) is 6.35. The van der Waals surface area contributed by atoms with E-state index in [1.165, 1.54) is 36.9 Å². The second-order valence-electron chi connectivity index (χ2n) is 4.84. The van der Waals surface area contributed by atoms with Crippen LogP contribution in [0, 0.1) is 0 Å². The highest BCUT2D eigenvalue weighted by molar-refractivity contribution is 5.34. The fourth-order valence-electron chi connectivity index (χ4n) is 2.93. The maximum atomic E-state index is 5.51. The van der Waals surface area contributed by atoms with Crippen LogP contribution < -0.4 is 5.32 Å². The minimum Gasteiger partial charge on any atom is -0.381 e. The molecule has 0 aromatic heterocycles. The Labute approximate surface area is 97.0 Å². The number of rotatable bonds is 2. The summed E-state index contributed by atoms with van der Waals surface area (Å²) in [6, 6.07) is 9.48. The van der Waals surface area contributed by atoms with Crippen LogP contribution in [0.25, 0.3) is 0 Å². The summed E-state index contributed by atoms with van der Waals surface area (Å²) < 4.78 is 5.51. The lowest BCUT2D eigenvalue weighted by Gasteiger charge is -2.19. The molecule has 2 aliphatic rings. The summed E-state index contributed by atoms with van der Waals surface area (Å²) >= 11 is 0. The molecule has 1 unspecified atom stereocenters. The van der Waals surface area contributed by atoms with Gasteiger partial charge < -0.3 is 10.1 Å². The molecule has 86 valence electrons. The third kappa shape index (κ3) is 1.87. The van der Waals surface area contributed by atoms with E-state index in [-0.39, 0.29) is 0 Å². The molecule has 2 nitrogen and oxygen atoms in total. The summed E-state index contributed by atoms with van der Waals surface area (Å²) in [6.07, 6.45) is 3.77. The van der Waals surface area contributed by atoms with Crippen LogP contribution in [0.4, 0.5) is 0 Å². The lowest BCUT2D eigenvalue weighted by molar-refractivity contribution is 0.193. The van der Waals surface area contributed by atoms with E-state index in [4.69, 9.17) is 4.74 Å². The molecule has 2 heteroatoms. The van der Waals surface area contributed by atoms with Crippen LogP contribution in [0.1, 0.15) is 42.3 Å². The van der Waals surface area contributed by atoms with Gasteiger partial charge in [0.15, 0.2) is 0 Å². The van der Waals surface area contributed by atoms with E-state index >= 15 is 0 Å². The molecule has 0 amide bonds. The maximum absolute atomic E-state index is 5.51. The Morgan fingerprint density at radius 1 is 1.12 bits per heavy atom. The van der Waals surface area contributed by atoms with Crippen LogP contribution in [0.5, 0.6) is 0 Å². The molecule has 1 aromatic carbocycles. The lowest BCUT2D eigenvalue weighted by atomic mass is 9.89. The van der Waals surface area contributed by atoms with Gasteiger partial charge >= 0.3 is 0 Å². The number of hydrogen-bond donors (Lipinski definition) is 1. The molecule has 2 heterocycles. The molecule has 2 aliphatic heterocycles. The number of nitrogens with one attached hydrogen (secondary N) is 1. The van der Waals surface area contributed by atoms with Crippen molar-refractivity contribution >= 4 is 0 Å². The zero-order chi connectivity index (χ0) is 10.8. The monoisotopic (exact) mass is 217 g/mol. The van der Waals surface area contributed by atoms with Crippen molar-refractivity contribution in [1.82, 2.24) is 5.32 Å². The Morgan fingerprint density at radius 3 is 2.69 bits per heavy atom. The molecule has 1 aromatic rings.